The zero-order valence-corrected chi connectivity index (χ0v) is 19.6. The van der Waals surface area contributed by atoms with Crippen molar-refractivity contribution in [3.63, 3.8) is 0 Å². The molecule has 0 radical (unpaired) electrons. The lowest BCUT2D eigenvalue weighted by Crippen LogP contribution is -2.40. The van der Waals surface area contributed by atoms with Gasteiger partial charge in [0.25, 0.3) is 0 Å². The van der Waals surface area contributed by atoms with Crippen LogP contribution in [-0.4, -0.2) is 49.7 Å². The van der Waals surface area contributed by atoms with Crippen LogP contribution in [0, 0.1) is 0 Å². The molecule has 3 rings (SSSR count). The van der Waals surface area contributed by atoms with Crippen molar-refractivity contribution in [1.29, 1.82) is 0 Å². The summed E-state index contributed by atoms with van der Waals surface area (Å²) in [6.45, 7) is 4.25. The fraction of sp³-hybridized carbons (Fsp3) is 0.261. The van der Waals surface area contributed by atoms with Crippen LogP contribution in [0.3, 0.4) is 0 Å². The third-order valence-corrected chi connectivity index (χ3v) is 7.98. The standard InChI is InChI=1S/C23H26N2O5S2/c1-4-5-9-18-16-25(17-10-7-6-8-11-17)19-14-21(31-3)20(30-13-12-23(26)27)15-22(19)32(28,29)24(18)2/h4,6-8,10-15,18H,1,5,9,16H2,2-3H3,(H,26,27)/b13-12+/t18-/m0/s1. The minimum Gasteiger partial charge on any atom is -0.478 e. The van der Waals surface area contributed by atoms with E-state index in [0.717, 1.165) is 18.0 Å². The number of benzene rings is 2. The van der Waals surface area contributed by atoms with Crippen molar-refractivity contribution in [3.8, 4) is 5.75 Å². The van der Waals surface area contributed by atoms with Gasteiger partial charge < -0.3 is 14.7 Å². The smallest absolute Gasteiger partial charge is 0.331 e. The summed E-state index contributed by atoms with van der Waals surface area (Å²) < 4.78 is 34.1. The van der Waals surface area contributed by atoms with Gasteiger partial charge in [-0.15, -0.1) is 18.3 Å². The van der Waals surface area contributed by atoms with Gasteiger partial charge in [0.05, 0.1) is 22.9 Å². The Morgan fingerprint density at radius 1 is 1.31 bits per heavy atom. The number of para-hydroxylation sites is 1. The van der Waals surface area contributed by atoms with Gasteiger partial charge in [0.2, 0.25) is 10.0 Å². The molecule has 0 fully saturated rings. The highest BCUT2D eigenvalue weighted by Gasteiger charge is 2.37. The molecule has 1 atom stereocenters. The molecule has 0 bridgehead atoms. The summed E-state index contributed by atoms with van der Waals surface area (Å²) in [5.41, 5.74) is 1.44. The van der Waals surface area contributed by atoms with Crippen LogP contribution in [0.15, 0.2) is 77.2 Å². The summed E-state index contributed by atoms with van der Waals surface area (Å²) in [5.74, 6) is -0.874. The molecule has 2 aromatic rings. The van der Waals surface area contributed by atoms with E-state index in [-0.39, 0.29) is 16.7 Å². The molecule has 1 N–H and O–H groups in total. The van der Waals surface area contributed by atoms with E-state index in [4.69, 9.17) is 9.84 Å². The highest BCUT2D eigenvalue weighted by atomic mass is 32.2. The predicted octanol–water partition coefficient (Wildman–Crippen LogP) is 4.49. The molecule has 170 valence electrons. The normalized spacial score (nSPS) is 18.2. The fourth-order valence-corrected chi connectivity index (χ4v) is 5.68. The molecule has 0 saturated carbocycles. The van der Waals surface area contributed by atoms with Gasteiger partial charge in [-0.1, -0.05) is 24.3 Å². The Balaban J connectivity index is 2.21. The molecule has 0 amide bonds. The van der Waals surface area contributed by atoms with Gasteiger partial charge in [0.15, 0.2) is 0 Å². The van der Waals surface area contributed by atoms with Crippen molar-refractivity contribution in [2.45, 2.75) is 28.7 Å². The van der Waals surface area contributed by atoms with Crippen LogP contribution in [0.25, 0.3) is 0 Å². The number of nitrogens with zero attached hydrogens (tertiary/aromatic N) is 2. The number of carbonyl (C=O) groups is 1. The summed E-state index contributed by atoms with van der Waals surface area (Å²) in [7, 11) is -2.25. The van der Waals surface area contributed by atoms with Crippen molar-refractivity contribution in [3.05, 3.63) is 67.5 Å². The molecule has 0 spiro atoms. The van der Waals surface area contributed by atoms with Gasteiger partial charge in [-0.3, -0.25) is 0 Å². The summed E-state index contributed by atoms with van der Waals surface area (Å²) >= 11 is 1.39. The molecule has 0 saturated heterocycles. The first-order chi connectivity index (χ1) is 15.3. The number of ether oxygens (including phenoxy) is 1. The number of allylic oxidation sites excluding steroid dienone is 1. The molecule has 1 aliphatic heterocycles. The maximum Gasteiger partial charge on any atom is 0.331 e. The molecule has 2 aromatic carbocycles. The number of likely N-dealkylation sites (N-methyl/N-ethyl adjacent to an activating group) is 1. The molecule has 0 aromatic heterocycles. The molecular weight excluding hydrogens is 448 g/mol. The van der Waals surface area contributed by atoms with E-state index in [0.29, 0.717) is 30.0 Å². The molecule has 9 heteroatoms. The third kappa shape index (κ3) is 5.01. The van der Waals surface area contributed by atoms with Gasteiger partial charge in [-0.25, -0.2) is 13.2 Å². The van der Waals surface area contributed by atoms with E-state index in [1.54, 1.807) is 19.2 Å². The molecule has 0 unspecified atom stereocenters. The number of hydrogen-bond acceptors (Lipinski definition) is 6. The first-order valence-electron chi connectivity index (χ1n) is 9.99. The Hall–Kier alpha value is -2.75. The Bertz CT molecular complexity index is 1120. The lowest BCUT2D eigenvalue weighted by atomic mass is 10.1. The number of carboxylic acids is 1. The monoisotopic (exact) mass is 474 g/mol. The summed E-state index contributed by atoms with van der Waals surface area (Å²) in [4.78, 5) is 13.6. The lowest BCUT2D eigenvalue weighted by molar-refractivity contribution is -0.131. The van der Waals surface area contributed by atoms with Crippen LogP contribution < -0.4 is 9.64 Å². The summed E-state index contributed by atoms with van der Waals surface area (Å²) in [5, 5.41) is 8.84. The number of anilines is 2. The van der Waals surface area contributed by atoms with E-state index in [9.17, 15) is 13.2 Å². The van der Waals surface area contributed by atoms with Gasteiger partial charge >= 0.3 is 5.97 Å². The van der Waals surface area contributed by atoms with Gasteiger partial charge in [0.1, 0.15) is 10.6 Å². The van der Waals surface area contributed by atoms with Crippen LogP contribution >= 0.6 is 11.8 Å². The van der Waals surface area contributed by atoms with Gasteiger partial charge in [-0.05, 0) is 37.3 Å². The minimum atomic E-state index is -3.84. The minimum absolute atomic E-state index is 0.112. The fourth-order valence-electron chi connectivity index (χ4n) is 3.58. The van der Waals surface area contributed by atoms with E-state index < -0.39 is 16.0 Å². The second-order valence-electron chi connectivity index (χ2n) is 7.22. The highest BCUT2D eigenvalue weighted by molar-refractivity contribution is 7.98. The van der Waals surface area contributed by atoms with E-state index in [2.05, 4.69) is 6.58 Å². The van der Waals surface area contributed by atoms with Crippen LogP contribution in [0.2, 0.25) is 0 Å². The summed E-state index contributed by atoms with van der Waals surface area (Å²) in [6, 6.07) is 12.7. The average Bonchev–Trinajstić information content (AvgIpc) is 2.86. The lowest BCUT2D eigenvalue weighted by Gasteiger charge is -2.29. The number of hydrogen-bond donors (Lipinski definition) is 1. The number of aliphatic carboxylic acids is 1. The van der Waals surface area contributed by atoms with E-state index >= 15 is 0 Å². The first kappa shape index (κ1) is 23.9. The number of carboxylic acid groups (broad SMARTS) is 1. The Morgan fingerprint density at radius 2 is 2.03 bits per heavy atom. The third-order valence-electron chi connectivity index (χ3n) is 5.28. The Kier molecular flexibility index (Phi) is 7.65. The summed E-state index contributed by atoms with van der Waals surface area (Å²) in [6.07, 6.45) is 6.87. The molecule has 7 nitrogen and oxygen atoms in total. The largest absolute Gasteiger partial charge is 0.478 e. The number of sulfonamides is 1. The van der Waals surface area contributed by atoms with Gasteiger partial charge in [0, 0.05) is 31.4 Å². The molecule has 1 aliphatic rings. The topological polar surface area (TPSA) is 87.1 Å². The van der Waals surface area contributed by atoms with Crippen molar-refractivity contribution in [1.82, 2.24) is 4.31 Å². The maximum absolute atomic E-state index is 13.6. The van der Waals surface area contributed by atoms with Crippen LogP contribution in [0.4, 0.5) is 11.4 Å². The van der Waals surface area contributed by atoms with E-state index in [1.165, 1.54) is 22.1 Å². The predicted molar refractivity (Wildman–Crippen MR) is 127 cm³/mol. The van der Waals surface area contributed by atoms with Crippen molar-refractivity contribution in [2.75, 3.05) is 24.7 Å². The van der Waals surface area contributed by atoms with Crippen molar-refractivity contribution >= 4 is 39.1 Å². The number of fused-ring (bicyclic) bond motifs is 1. The SMILES string of the molecule is C=CCC[C@H]1CN(c2ccccc2)c2cc(SC)c(O/C=C/C(=O)O)cc2S(=O)(=O)N1C. The van der Waals surface area contributed by atoms with Gasteiger partial charge in [-0.2, -0.15) is 4.31 Å². The second-order valence-corrected chi connectivity index (χ2v) is 10.0. The van der Waals surface area contributed by atoms with Crippen LogP contribution in [0.1, 0.15) is 12.8 Å². The average molecular weight is 475 g/mol. The van der Waals surface area contributed by atoms with E-state index in [1.807, 2.05) is 41.5 Å². The Morgan fingerprint density at radius 3 is 2.66 bits per heavy atom. The van der Waals surface area contributed by atoms with Crippen molar-refractivity contribution in [2.24, 2.45) is 0 Å². The highest BCUT2D eigenvalue weighted by Crippen LogP contribution is 2.43. The molecular formula is C23H26N2O5S2. The van der Waals surface area contributed by atoms with Crippen LogP contribution in [0.5, 0.6) is 5.75 Å². The van der Waals surface area contributed by atoms with Crippen molar-refractivity contribution < 1.29 is 23.1 Å². The molecule has 1 heterocycles. The second kappa shape index (κ2) is 10.2. The zero-order valence-electron chi connectivity index (χ0n) is 18.0. The number of rotatable bonds is 8. The molecule has 32 heavy (non-hydrogen) atoms. The molecule has 0 aliphatic carbocycles. The van der Waals surface area contributed by atoms with Crippen LogP contribution in [-0.2, 0) is 14.8 Å². The number of thioether (sulfide) groups is 1. The quantitative estimate of drug-likeness (QED) is 0.261. The maximum atomic E-state index is 13.6. The Labute approximate surface area is 193 Å². The zero-order chi connectivity index (χ0) is 23.3. The first-order valence-corrected chi connectivity index (χ1v) is 12.7.